The summed E-state index contributed by atoms with van der Waals surface area (Å²) in [6.45, 7) is 7.08. The summed E-state index contributed by atoms with van der Waals surface area (Å²) in [6, 6.07) is 0. The molecule has 0 fully saturated rings. The van der Waals surface area contributed by atoms with Crippen LogP contribution in [0.3, 0.4) is 0 Å². The Morgan fingerprint density at radius 2 is 0.788 bits per heavy atom. The van der Waals surface area contributed by atoms with Gasteiger partial charge in [0.2, 0.25) is 0 Å². The van der Waals surface area contributed by atoms with Crippen LogP contribution in [0.25, 0.3) is 0 Å². The minimum atomic E-state index is -1.22. The number of carbonyl (C=O) groups excluding carboxylic acids is 6. The molecule has 0 heterocycles. The molecule has 33 heavy (non-hydrogen) atoms. The maximum absolute atomic E-state index is 11.8. The minimum absolute atomic E-state index is 0.0295. The van der Waals surface area contributed by atoms with Gasteiger partial charge in [-0.3, -0.25) is 9.59 Å². The lowest BCUT2D eigenvalue weighted by Gasteiger charge is -2.16. The fourth-order valence-corrected chi connectivity index (χ4v) is 1.97. The van der Waals surface area contributed by atoms with Gasteiger partial charge in [0.1, 0.15) is 13.2 Å². The number of ether oxygens (including phenoxy) is 7. The molecule has 0 radical (unpaired) electrons. The second-order valence-electron chi connectivity index (χ2n) is 6.61. The topological polar surface area (TPSA) is 167 Å². The first kappa shape index (κ1) is 29.8. The summed E-state index contributed by atoms with van der Waals surface area (Å²) >= 11 is 0. The molecule has 0 aromatic carbocycles. The molecular weight excluding hydrogens is 448 g/mol. The molecular formula is C20H30O13. The van der Waals surface area contributed by atoms with Crippen LogP contribution in [0.5, 0.6) is 0 Å². The van der Waals surface area contributed by atoms with Crippen molar-refractivity contribution in [2.75, 3.05) is 26.4 Å². The van der Waals surface area contributed by atoms with E-state index in [1.54, 1.807) is 0 Å². The van der Waals surface area contributed by atoms with Gasteiger partial charge in [0.15, 0.2) is 24.4 Å². The zero-order chi connectivity index (χ0) is 25.6. The Labute approximate surface area is 190 Å². The van der Waals surface area contributed by atoms with Gasteiger partial charge in [0.25, 0.3) is 0 Å². The lowest BCUT2D eigenvalue weighted by molar-refractivity contribution is -0.177. The molecule has 0 saturated heterocycles. The standard InChI is InChI=1S/C20H30O13/c1-11(32-19(25)13(3)30-15(5)21)17(23)28-9-7-27-8-10-29-18(24)12(2)33-20(26)14(4)31-16(6)22/h11-14H,7-10H2,1-6H3. The first-order chi connectivity index (χ1) is 15.3. The summed E-state index contributed by atoms with van der Waals surface area (Å²) < 4.78 is 33.8. The molecule has 188 valence electrons. The Morgan fingerprint density at radius 3 is 1.09 bits per heavy atom. The number of esters is 6. The second-order valence-corrected chi connectivity index (χ2v) is 6.61. The maximum Gasteiger partial charge on any atom is 0.347 e. The highest BCUT2D eigenvalue weighted by molar-refractivity contribution is 5.83. The summed E-state index contributed by atoms with van der Waals surface area (Å²) in [5.41, 5.74) is 0. The summed E-state index contributed by atoms with van der Waals surface area (Å²) in [4.78, 5) is 68.5. The third-order valence-electron chi connectivity index (χ3n) is 3.54. The number of hydrogen-bond acceptors (Lipinski definition) is 13. The molecule has 0 N–H and O–H groups in total. The van der Waals surface area contributed by atoms with E-state index in [0.29, 0.717) is 0 Å². The summed E-state index contributed by atoms with van der Waals surface area (Å²) in [6.07, 6.45) is -4.76. The van der Waals surface area contributed by atoms with E-state index in [2.05, 4.69) is 9.47 Å². The quantitative estimate of drug-likeness (QED) is 0.184. The van der Waals surface area contributed by atoms with Crippen LogP contribution in [-0.4, -0.2) is 86.7 Å². The van der Waals surface area contributed by atoms with Gasteiger partial charge in [0, 0.05) is 13.8 Å². The molecule has 0 rings (SSSR count). The van der Waals surface area contributed by atoms with Gasteiger partial charge in [-0.05, 0) is 27.7 Å². The molecule has 0 saturated carbocycles. The Balaban J connectivity index is 3.99. The van der Waals surface area contributed by atoms with Gasteiger partial charge in [-0.1, -0.05) is 0 Å². The van der Waals surface area contributed by atoms with Gasteiger partial charge in [-0.2, -0.15) is 0 Å². The van der Waals surface area contributed by atoms with Crippen molar-refractivity contribution in [3.63, 3.8) is 0 Å². The van der Waals surface area contributed by atoms with Crippen LogP contribution in [0, 0.1) is 0 Å². The zero-order valence-electron chi connectivity index (χ0n) is 19.4. The van der Waals surface area contributed by atoms with Crippen molar-refractivity contribution in [1.82, 2.24) is 0 Å². The molecule has 0 aromatic heterocycles. The first-order valence-corrected chi connectivity index (χ1v) is 10.0. The van der Waals surface area contributed by atoms with Gasteiger partial charge in [0.05, 0.1) is 13.2 Å². The van der Waals surface area contributed by atoms with Gasteiger partial charge < -0.3 is 33.2 Å². The van der Waals surface area contributed by atoms with Gasteiger partial charge >= 0.3 is 35.8 Å². The summed E-state index contributed by atoms with van der Waals surface area (Å²) in [5.74, 6) is -4.77. The van der Waals surface area contributed by atoms with Crippen molar-refractivity contribution in [1.29, 1.82) is 0 Å². The van der Waals surface area contributed by atoms with Crippen molar-refractivity contribution in [3.05, 3.63) is 0 Å². The monoisotopic (exact) mass is 478 g/mol. The molecule has 4 atom stereocenters. The molecule has 0 aliphatic heterocycles. The van der Waals surface area contributed by atoms with Crippen LogP contribution >= 0.6 is 0 Å². The summed E-state index contributed by atoms with van der Waals surface area (Å²) in [5, 5.41) is 0. The van der Waals surface area contributed by atoms with Crippen LogP contribution in [-0.2, 0) is 61.9 Å². The van der Waals surface area contributed by atoms with E-state index < -0.39 is 60.2 Å². The van der Waals surface area contributed by atoms with E-state index in [-0.39, 0.29) is 26.4 Å². The normalized spacial score (nSPS) is 14.0. The Bertz CT molecular complexity index is 644. The fourth-order valence-electron chi connectivity index (χ4n) is 1.97. The van der Waals surface area contributed by atoms with E-state index in [1.165, 1.54) is 27.7 Å². The smallest absolute Gasteiger partial charge is 0.347 e. The molecule has 13 heteroatoms. The molecule has 13 nitrogen and oxygen atoms in total. The van der Waals surface area contributed by atoms with E-state index in [1.807, 2.05) is 0 Å². The number of hydrogen-bond donors (Lipinski definition) is 0. The molecule has 0 aromatic rings. The zero-order valence-corrected chi connectivity index (χ0v) is 19.4. The van der Waals surface area contributed by atoms with Crippen molar-refractivity contribution in [2.45, 2.75) is 66.0 Å². The molecule has 0 amide bonds. The highest BCUT2D eigenvalue weighted by Gasteiger charge is 2.25. The Morgan fingerprint density at radius 1 is 0.485 bits per heavy atom. The number of rotatable bonds is 14. The van der Waals surface area contributed by atoms with Gasteiger partial charge in [-0.25, -0.2) is 19.2 Å². The third-order valence-corrected chi connectivity index (χ3v) is 3.54. The predicted molar refractivity (Wildman–Crippen MR) is 106 cm³/mol. The SMILES string of the molecule is CC(=O)OC(C)C(=O)OC(C)C(=O)OCCOCCOC(=O)C(C)OC(=O)C(C)OC(C)=O. The highest BCUT2D eigenvalue weighted by atomic mass is 16.6. The molecule has 0 bridgehead atoms. The number of carbonyl (C=O) groups is 6. The highest BCUT2D eigenvalue weighted by Crippen LogP contribution is 2.03. The van der Waals surface area contributed by atoms with E-state index in [9.17, 15) is 28.8 Å². The molecule has 0 aliphatic carbocycles. The van der Waals surface area contributed by atoms with Crippen molar-refractivity contribution in [3.8, 4) is 0 Å². The Hall–Kier alpha value is -3.22. The minimum Gasteiger partial charge on any atom is -0.461 e. The first-order valence-electron chi connectivity index (χ1n) is 10.0. The van der Waals surface area contributed by atoms with E-state index >= 15 is 0 Å². The van der Waals surface area contributed by atoms with Crippen LogP contribution in [0.4, 0.5) is 0 Å². The largest absolute Gasteiger partial charge is 0.461 e. The Kier molecular flexibility index (Phi) is 14.0. The average Bonchev–Trinajstić information content (AvgIpc) is 2.71. The van der Waals surface area contributed by atoms with E-state index in [4.69, 9.17) is 23.7 Å². The van der Waals surface area contributed by atoms with Crippen LogP contribution in [0.2, 0.25) is 0 Å². The van der Waals surface area contributed by atoms with Crippen LogP contribution in [0.1, 0.15) is 41.5 Å². The summed E-state index contributed by atoms with van der Waals surface area (Å²) in [7, 11) is 0. The average molecular weight is 478 g/mol. The van der Waals surface area contributed by atoms with Crippen LogP contribution in [0.15, 0.2) is 0 Å². The van der Waals surface area contributed by atoms with Crippen molar-refractivity contribution >= 4 is 35.8 Å². The van der Waals surface area contributed by atoms with Crippen LogP contribution < -0.4 is 0 Å². The van der Waals surface area contributed by atoms with Crippen molar-refractivity contribution in [2.24, 2.45) is 0 Å². The van der Waals surface area contributed by atoms with Gasteiger partial charge in [-0.15, -0.1) is 0 Å². The lowest BCUT2D eigenvalue weighted by atomic mass is 10.3. The fraction of sp³-hybridized carbons (Fsp3) is 0.700. The van der Waals surface area contributed by atoms with Crippen molar-refractivity contribution < 1.29 is 61.9 Å². The lowest BCUT2D eigenvalue weighted by Crippen LogP contribution is -2.33. The predicted octanol–water partition coefficient (Wildman–Crippen LogP) is -0.144. The van der Waals surface area contributed by atoms with E-state index in [0.717, 1.165) is 13.8 Å². The molecule has 4 unspecified atom stereocenters. The molecule has 0 aliphatic rings. The molecule has 0 spiro atoms. The second kappa shape index (κ2) is 15.6. The maximum atomic E-state index is 11.8. The third kappa shape index (κ3) is 13.7.